The highest BCUT2D eigenvalue weighted by Gasteiger charge is 2.06. The van der Waals surface area contributed by atoms with Crippen molar-refractivity contribution in [1.29, 1.82) is 5.26 Å². The number of furan rings is 1. The van der Waals surface area contributed by atoms with Crippen molar-refractivity contribution >= 4 is 5.91 Å². The molecule has 20 heavy (non-hydrogen) atoms. The fourth-order valence-electron chi connectivity index (χ4n) is 1.66. The topological polar surface area (TPSA) is 75.3 Å². The third-order valence-electron chi connectivity index (χ3n) is 2.64. The molecule has 0 atom stereocenters. The number of hydrogen-bond acceptors (Lipinski definition) is 4. The average Bonchev–Trinajstić information content (AvgIpc) is 2.98. The molecule has 0 aliphatic heterocycles. The van der Waals surface area contributed by atoms with Crippen LogP contribution in [-0.2, 0) is 11.2 Å². The highest BCUT2D eigenvalue weighted by molar-refractivity contribution is 5.77. The van der Waals surface area contributed by atoms with E-state index in [0.717, 1.165) is 5.76 Å². The first kappa shape index (κ1) is 13.7. The third kappa shape index (κ3) is 3.89. The van der Waals surface area contributed by atoms with E-state index in [1.54, 1.807) is 36.6 Å². The Labute approximate surface area is 116 Å². The maximum Gasteiger partial charge on any atom is 0.257 e. The molecule has 0 saturated heterocycles. The predicted molar refractivity (Wildman–Crippen MR) is 72.1 cm³/mol. The summed E-state index contributed by atoms with van der Waals surface area (Å²) in [5, 5.41) is 11.6. The first-order valence-corrected chi connectivity index (χ1v) is 6.20. The molecular formula is C15H14N2O3. The molecule has 0 saturated carbocycles. The summed E-state index contributed by atoms with van der Waals surface area (Å²) in [6, 6.07) is 12.5. The monoisotopic (exact) mass is 270 g/mol. The third-order valence-corrected chi connectivity index (χ3v) is 2.64. The first-order chi connectivity index (χ1) is 9.79. The van der Waals surface area contributed by atoms with Crippen molar-refractivity contribution in [3.63, 3.8) is 0 Å². The van der Waals surface area contributed by atoms with Gasteiger partial charge in [-0.05, 0) is 24.3 Å². The van der Waals surface area contributed by atoms with E-state index in [-0.39, 0.29) is 12.5 Å². The van der Waals surface area contributed by atoms with Crippen LogP contribution in [0.15, 0.2) is 47.1 Å². The average molecular weight is 270 g/mol. The second kappa shape index (κ2) is 7.00. The molecule has 0 spiro atoms. The summed E-state index contributed by atoms with van der Waals surface area (Å²) in [5.41, 5.74) is 0.413. The minimum atomic E-state index is -0.232. The lowest BCUT2D eigenvalue weighted by molar-refractivity contribution is -0.123. The van der Waals surface area contributed by atoms with Gasteiger partial charge in [-0.25, -0.2) is 0 Å². The molecule has 0 bridgehead atoms. The Hall–Kier alpha value is -2.74. The van der Waals surface area contributed by atoms with Gasteiger partial charge >= 0.3 is 0 Å². The number of carbonyl (C=O) groups is 1. The summed E-state index contributed by atoms with van der Waals surface area (Å²) in [7, 11) is 0. The minimum Gasteiger partial charge on any atom is -0.482 e. The highest BCUT2D eigenvalue weighted by Crippen LogP contribution is 2.16. The standard InChI is InChI=1S/C15H14N2O3/c16-10-12-4-1-2-6-14(12)20-11-15(18)17-8-7-13-5-3-9-19-13/h1-6,9H,7-8,11H2,(H,17,18). The Morgan fingerprint density at radius 3 is 2.90 bits per heavy atom. The molecule has 0 aliphatic rings. The number of para-hydroxylation sites is 1. The number of nitrogens with one attached hydrogen (secondary N) is 1. The van der Waals surface area contributed by atoms with Crippen molar-refractivity contribution in [2.45, 2.75) is 6.42 Å². The number of rotatable bonds is 6. The molecule has 1 aromatic carbocycles. The largest absolute Gasteiger partial charge is 0.482 e. The molecule has 1 N–H and O–H groups in total. The molecule has 102 valence electrons. The van der Waals surface area contributed by atoms with Gasteiger partial charge in [-0.2, -0.15) is 5.26 Å². The molecule has 0 aliphatic carbocycles. The molecule has 0 unspecified atom stereocenters. The lowest BCUT2D eigenvalue weighted by Gasteiger charge is -2.07. The fourth-order valence-corrected chi connectivity index (χ4v) is 1.66. The van der Waals surface area contributed by atoms with E-state index < -0.39 is 0 Å². The van der Waals surface area contributed by atoms with Gasteiger partial charge in [0.05, 0.1) is 11.8 Å². The summed E-state index contributed by atoms with van der Waals surface area (Å²) >= 11 is 0. The zero-order valence-electron chi connectivity index (χ0n) is 10.8. The summed E-state index contributed by atoms with van der Waals surface area (Å²) in [6.45, 7) is 0.368. The summed E-state index contributed by atoms with van der Waals surface area (Å²) in [4.78, 5) is 11.6. The van der Waals surface area contributed by atoms with Crippen LogP contribution in [0.4, 0.5) is 0 Å². The van der Waals surface area contributed by atoms with E-state index >= 15 is 0 Å². The van der Waals surface area contributed by atoms with Gasteiger partial charge in [0, 0.05) is 13.0 Å². The van der Waals surface area contributed by atoms with Crippen LogP contribution in [0.1, 0.15) is 11.3 Å². The Balaban J connectivity index is 1.74. The van der Waals surface area contributed by atoms with Crippen LogP contribution in [0.2, 0.25) is 0 Å². The summed E-state index contributed by atoms with van der Waals surface area (Å²) in [6.07, 6.45) is 2.23. The van der Waals surface area contributed by atoms with Crippen LogP contribution < -0.4 is 10.1 Å². The number of benzene rings is 1. The van der Waals surface area contributed by atoms with Gasteiger partial charge in [-0.1, -0.05) is 12.1 Å². The Morgan fingerprint density at radius 1 is 1.30 bits per heavy atom. The van der Waals surface area contributed by atoms with Gasteiger partial charge in [0.25, 0.3) is 5.91 Å². The number of ether oxygens (including phenoxy) is 1. The lowest BCUT2D eigenvalue weighted by Crippen LogP contribution is -2.30. The first-order valence-electron chi connectivity index (χ1n) is 6.20. The van der Waals surface area contributed by atoms with Crippen molar-refractivity contribution in [2.24, 2.45) is 0 Å². The molecule has 2 aromatic rings. The molecule has 0 fully saturated rings. The Morgan fingerprint density at radius 2 is 2.15 bits per heavy atom. The molecule has 5 heteroatoms. The molecule has 1 aromatic heterocycles. The van der Waals surface area contributed by atoms with Gasteiger partial charge < -0.3 is 14.5 Å². The quantitative estimate of drug-likeness (QED) is 0.869. The smallest absolute Gasteiger partial charge is 0.257 e. The molecule has 2 rings (SSSR count). The van der Waals surface area contributed by atoms with Gasteiger partial charge in [0.15, 0.2) is 6.61 Å². The number of nitriles is 1. The Kier molecular flexibility index (Phi) is 4.79. The van der Waals surface area contributed by atoms with Crippen molar-refractivity contribution in [3.8, 4) is 11.8 Å². The Bertz CT molecular complexity index is 600. The molecule has 1 heterocycles. The van der Waals surface area contributed by atoms with Crippen LogP contribution in [0, 0.1) is 11.3 Å². The van der Waals surface area contributed by atoms with E-state index in [1.165, 1.54) is 0 Å². The van der Waals surface area contributed by atoms with E-state index in [4.69, 9.17) is 14.4 Å². The SMILES string of the molecule is N#Cc1ccccc1OCC(=O)NCCc1ccco1. The van der Waals surface area contributed by atoms with E-state index in [2.05, 4.69) is 5.32 Å². The number of hydrogen-bond donors (Lipinski definition) is 1. The predicted octanol–water partition coefficient (Wildman–Crippen LogP) is 1.89. The van der Waals surface area contributed by atoms with Crippen LogP contribution in [0.25, 0.3) is 0 Å². The van der Waals surface area contributed by atoms with Crippen LogP contribution >= 0.6 is 0 Å². The van der Waals surface area contributed by atoms with Gasteiger partial charge in [-0.15, -0.1) is 0 Å². The number of carbonyl (C=O) groups excluding carboxylic acids is 1. The van der Waals surface area contributed by atoms with Crippen molar-refractivity contribution < 1.29 is 13.9 Å². The highest BCUT2D eigenvalue weighted by atomic mass is 16.5. The van der Waals surface area contributed by atoms with Gasteiger partial charge in [-0.3, -0.25) is 4.79 Å². The maximum atomic E-state index is 11.6. The van der Waals surface area contributed by atoms with Crippen molar-refractivity contribution in [1.82, 2.24) is 5.32 Å². The van der Waals surface area contributed by atoms with Gasteiger partial charge in [0.1, 0.15) is 17.6 Å². The number of amides is 1. The molecular weight excluding hydrogens is 256 g/mol. The molecule has 5 nitrogen and oxygen atoms in total. The maximum absolute atomic E-state index is 11.6. The van der Waals surface area contributed by atoms with Crippen molar-refractivity contribution in [2.75, 3.05) is 13.2 Å². The summed E-state index contributed by atoms with van der Waals surface area (Å²) in [5.74, 6) is 1.00. The lowest BCUT2D eigenvalue weighted by atomic mass is 10.2. The zero-order chi connectivity index (χ0) is 14.2. The fraction of sp³-hybridized carbons (Fsp3) is 0.200. The van der Waals surface area contributed by atoms with E-state index in [9.17, 15) is 4.79 Å². The van der Waals surface area contributed by atoms with Gasteiger partial charge in [0.2, 0.25) is 0 Å². The van der Waals surface area contributed by atoms with Crippen LogP contribution in [0.3, 0.4) is 0 Å². The van der Waals surface area contributed by atoms with E-state index in [1.807, 2.05) is 12.1 Å². The van der Waals surface area contributed by atoms with Crippen LogP contribution in [0.5, 0.6) is 5.75 Å². The molecule has 1 amide bonds. The molecule has 0 radical (unpaired) electrons. The minimum absolute atomic E-state index is 0.114. The van der Waals surface area contributed by atoms with Crippen LogP contribution in [-0.4, -0.2) is 19.1 Å². The normalized spacial score (nSPS) is 9.75. The second-order valence-corrected chi connectivity index (χ2v) is 4.08. The summed E-state index contributed by atoms with van der Waals surface area (Å²) < 4.78 is 10.5. The van der Waals surface area contributed by atoms with E-state index in [0.29, 0.717) is 24.3 Å². The van der Waals surface area contributed by atoms with Crippen molar-refractivity contribution in [3.05, 3.63) is 54.0 Å². The number of nitrogens with zero attached hydrogens (tertiary/aromatic N) is 1. The zero-order valence-corrected chi connectivity index (χ0v) is 10.8. The second-order valence-electron chi connectivity index (χ2n) is 4.08.